The molecule has 5 nitrogen and oxygen atoms in total. The molecule has 0 aliphatic heterocycles. The van der Waals surface area contributed by atoms with Crippen LogP contribution in [-0.4, -0.2) is 26.8 Å². The Labute approximate surface area is 104 Å². The van der Waals surface area contributed by atoms with Gasteiger partial charge in [-0.05, 0) is 32.6 Å². The zero-order valence-corrected chi connectivity index (χ0v) is 10.5. The Bertz CT molecular complexity index is 421. The largest absolute Gasteiger partial charge is 0.480 e. The Balaban J connectivity index is 2.00. The monoisotopic (exact) mass is 256 g/mol. The van der Waals surface area contributed by atoms with Gasteiger partial charge in [0.1, 0.15) is 11.8 Å². The van der Waals surface area contributed by atoms with Crippen molar-refractivity contribution in [3.63, 3.8) is 0 Å². The fraction of sp³-hybridized carbons (Fsp3) is 0.636. The first kappa shape index (κ1) is 12.4. The summed E-state index contributed by atoms with van der Waals surface area (Å²) in [6, 6.07) is 0. The van der Waals surface area contributed by atoms with Crippen molar-refractivity contribution in [2.75, 3.05) is 0 Å². The number of nitrogens with two attached hydrogens (primary N) is 1. The zero-order chi connectivity index (χ0) is 12.5. The van der Waals surface area contributed by atoms with E-state index in [1.807, 2.05) is 6.92 Å². The van der Waals surface area contributed by atoms with E-state index in [4.69, 9.17) is 15.3 Å². The van der Waals surface area contributed by atoms with Crippen molar-refractivity contribution in [2.45, 2.75) is 48.6 Å². The molecule has 1 heterocycles. The smallest absolute Gasteiger partial charge is 0.323 e. The van der Waals surface area contributed by atoms with Gasteiger partial charge < -0.3 is 15.3 Å². The van der Waals surface area contributed by atoms with Crippen molar-refractivity contribution in [1.82, 2.24) is 4.98 Å². The molecular formula is C11H16N2O3S. The Morgan fingerprint density at radius 2 is 2.53 bits per heavy atom. The van der Waals surface area contributed by atoms with Crippen molar-refractivity contribution in [1.29, 1.82) is 0 Å². The quantitative estimate of drug-likeness (QED) is 0.857. The molecule has 2 unspecified atom stereocenters. The Morgan fingerprint density at radius 1 is 1.76 bits per heavy atom. The minimum atomic E-state index is -1.09. The van der Waals surface area contributed by atoms with Crippen LogP contribution in [0.25, 0.3) is 0 Å². The number of carboxylic acid groups (broad SMARTS) is 1. The first-order valence-corrected chi connectivity index (χ1v) is 6.49. The molecular weight excluding hydrogens is 240 g/mol. The average Bonchev–Trinajstić information content (AvgIpc) is 2.64. The fourth-order valence-electron chi connectivity index (χ4n) is 2.08. The summed E-state index contributed by atoms with van der Waals surface area (Å²) >= 11 is 1.48. The summed E-state index contributed by atoms with van der Waals surface area (Å²) in [4.78, 5) is 15.3. The van der Waals surface area contributed by atoms with E-state index in [2.05, 4.69) is 4.98 Å². The van der Waals surface area contributed by atoms with E-state index in [0.29, 0.717) is 18.1 Å². The molecule has 1 aliphatic carbocycles. The maximum atomic E-state index is 11.1. The number of nitrogens with zero attached hydrogens (tertiary/aromatic N) is 1. The highest BCUT2D eigenvalue weighted by molar-refractivity contribution is 7.99. The molecule has 1 saturated carbocycles. The van der Waals surface area contributed by atoms with Crippen molar-refractivity contribution < 1.29 is 14.3 Å². The normalized spacial score (nSPS) is 29.2. The van der Waals surface area contributed by atoms with Crippen LogP contribution in [0.15, 0.2) is 15.9 Å². The van der Waals surface area contributed by atoms with Crippen LogP contribution in [0.2, 0.25) is 0 Å². The lowest BCUT2D eigenvalue weighted by Crippen LogP contribution is -2.51. The summed E-state index contributed by atoms with van der Waals surface area (Å²) in [5.74, 6) is -0.911. The molecule has 0 amide bonds. The van der Waals surface area contributed by atoms with Crippen LogP contribution in [0, 0.1) is 6.92 Å². The Kier molecular flexibility index (Phi) is 3.44. The molecule has 6 heteroatoms. The van der Waals surface area contributed by atoms with E-state index < -0.39 is 11.5 Å². The standard InChI is InChI=1S/C11H16N2O3S/c1-7-6-16-10(13-7)17-8-3-2-4-11(12,5-8)9(14)15/h6,8H,2-5,12H2,1H3,(H,14,15). The van der Waals surface area contributed by atoms with Crippen LogP contribution >= 0.6 is 11.8 Å². The van der Waals surface area contributed by atoms with Crippen LogP contribution in [0.5, 0.6) is 0 Å². The van der Waals surface area contributed by atoms with Crippen LogP contribution in [-0.2, 0) is 4.79 Å². The molecule has 17 heavy (non-hydrogen) atoms. The average molecular weight is 256 g/mol. The Hall–Kier alpha value is -1.01. The molecule has 1 aliphatic rings. The molecule has 2 atom stereocenters. The summed E-state index contributed by atoms with van der Waals surface area (Å²) in [6.07, 6.45) is 4.40. The molecule has 3 N–H and O–H groups in total. The second-order valence-corrected chi connectivity index (χ2v) is 5.80. The van der Waals surface area contributed by atoms with E-state index in [9.17, 15) is 4.79 Å². The van der Waals surface area contributed by atoms with Gasteiger partial charge in [-0.25, -0.2) is 4.98 Å². The molecule has 0 bridgehead atoms. The number of carbonyl (C=O) groups is 1. The van der Waals surface area contributed by atoms with Crippen LogP contribution in [0.4, 0.5) is 0 Å². The second-order valence-electron chi connectivity index (χ2n) is 4.55. The predicted molar refractivity (Wildman–Crippen MR) is 63.9 cm³/mol. The van der Waals surface area contributed by atoms with E-state index in [1.54, 1.807) is 6.26 Å². The van der Waals surface area contributed by atoms with Gasteiger partial charge >= 0.3 is 5.97 Å². The third-order valence-corrected chi connectivity index (χ3v) is 4.16. The lowest BCUT2D eigenvalue weighted by molar-refractivity contribution is -0.144. The predicted octanol–water partition coefficient (Wildman–Crippen LogP) is 1.80. The van der Waals surface area contributed by atoms with Gasteiger partial charge in [0.15, 0.2) is 0 Å². The van der Waals surface area contributed by atoms with Crippen molar-refractivity contribution in [2.24, 2.45) is 5.73 Å². The number of aromatic nitrogens is 1. The summed E-state index contributed by atoms with van der Waals surface area (Å²) in [5.41, 5.74) is 5.64. The number of hydrogen-bond acceptors (Lipinski definition) is 5. The number of thioether (sulfide) groups is 1. The highest BCUT2D eigenvalue weighted by Crippen LogP contribution is 2.36. The maximum Gasteiger partial charge on any atom is 0.323 e. The van der Waals surface area contributed by atoms with Gasteiger partial charge in [-0.3, -0.25) is 4.79 Å². The molecule has 0 radical (unpaired) electrons. The fourth-order valence-corrected chi connectivity index (χ4v) is 3.33. The summed E-state index contributed by atoms with van der Waals surface area (Å²) in [6.45, 7) is 1.86. The third kappa shape index (κ3) is 2.81. The van der Waals surface area contributed by atoms with Crippen molar-refractivity contribution >= 4 is 17.7 Å². The van der Waals surface area contributed by atoms with Crippen molar-refractivity contribution in [3.8, 4) is 0 Å². The van der Waals surface area contributed by atoms with Gasteiger partial charge in [0.2, 0.25) is 0 Å². The number of aryl methyl sites for hydroxylation is 1. The van der Waals surface area contributed by atoms with Gasteiger partial charge in [0.25, 0.3) is 5.22 Å². The molecule has 1 aromatic heterocycles. The SMILES string of the molecule is Cc1coc(SC2CCCC(N)(C(=O)O)C2)n1. The third-order valence-electron chi connectivity index (χ3n) is 3.03. The number of aliphatic carboxylic acids is 1. The zero-order valence-electron chi connectivity index (χ0n) is 9.68. The van der Waals surface area contributed by atoms with Gasteiger partial charge in [0, 0.05) is 5.25 Å². The molecule has 1 fully saturated rings. The van der Waals surface area contributed by atoms with Gasteiger partial charge in [-0.1, -0.05) is 11.8 Å². The lowest BCUT2D eigenvalue weighted by Gasteiger charge is -2.33. The number of carboxylic acids is 1. The van der Waals surface area contributed by atoms with E-state index in [-0.39, 0.29) is 5.25 Å². The first-order valence-electron chi connectivity index (χ1n) is 5.61. The highest BCUT2D eigenvalue weighted by atomic mass is 32.2. The molecule has 1 aromatic rings. The molecule has 2 rings (SSSR count). The Morgan fingerprint density at radius 3 is 3.12 bits per heavy atom. The van der Waals surface area contributed by atoms with Gasteiger partial charge in [-0.2, -0.15) is 0 Å². The maximum absolute atomic E-state index is 11.1. The molecule has 0 saturated heterocycles. The highest BCUT2D eigenvalue weighted by Gasteiger charge is 2.40. The van der Waals surface area contributed by atoms with E-state index >= 15 is 0 Å². The second kappa shape index (κ2) is 4.70. The summed E-state index contributed by atoms with van der Waals surface area (Å²) in [5, 5.41) is 9.88. The number of hydrogen-bond donors (Lipinski definition) is 2. The minimum absolute atomic E-state index is 0.169. The van der Waals surface area contributed by atoms with Crippen LogP contribution < -0.4 is 5.73 Å². The molecule has 94 valence electrons. The summed E-state index contributed by atoms with van der Waals surface area (Å²) in [7, 11) is 0. The van der Waals surface area contributed by atoms with Crippen LogP contribution in [0.3, 0.4) is 0 Å². The number of rotatable bonds is 3. The lowest BCUT2D eigenvalue weighted by atomic mass is 9.82. The van der Waals surface area contributed by atoms with Crippen molar-refractivity contribution in [3.05, 3.63) is 12.0 Å². The number of oxazole rings is 1. The van der Waals surface area contributed by atoms with Gasteiger partial charge in [0.05, 0.1) is 5.69 Å². The molecule has 0 aromatic carbocycles. The van der Waals surface area contributed by atoms with E-state index in [1.165, 1.54) is 11.8 Å². The van der Waals surface area contributed by atoms with E-state index in [0.717, 1.165) is 18.5 Å². The first-order chi connectivity index (χ1) is 7.99. The van der Waals surface area contributed by atoms with Gasteiger partial charge in [-0.15, -0.1) is 0 Å². The molecule has 0 spiro atoms. The topological polar surface area (TPSA) is 89.3 Å². The minimum Gasteiger partial charge on any atom is -0.480 e. The van der Waals surface area contributed by atoms with Crippen LogP contribution in [0.1, 0.15) is 31.4 Å². The summed E-state index contributed by atoms with van der Waals surface area (Å²) < 4.78 is 5.26.